The van der Waals surface area contributed by atoms with Crippen molar-refractivity contribution in [2.24, 2.45) is 5.10 Å². The maximum atomic E-state index is 12.4. The van der Waals surface area contributed by atoms with Crippen molar-refractivity contribution in [1.29, 1.82) is 0 Å². The van der Waals surface area contributed by atoms with Gasteiger partial charge < -0.3 is 18.9 Å². The number of hydrogen-bond acceptors (Lipinski definition) is 6. The number of methoxy groups -OCH3 is 2. The van der Waals surface area contributed by atoms with Crippen LogP contribution in [0.4, 0.5) is 0 Å². The van der Waals surface area contributed by atoms with Gasteiger partial charge in [0.15, 0.2) is 0 Å². The minimum absolute atomic E-state index is 0.354. The van der Waals surface area contributed by atoms with Crippen LogP contribution in [0.3, 0.4) is 0 Å². The molecular weight excluding hydrogens is 348 g/mol. The third-order valence-electron chi connectivity index (χ3n) is 3.62. The molecule has 0 bridgehead atoms. The molecule has 0 radical (unpaired) electrons. The molecule has 2 aromatic carbocycles. The first kappa shape index (κ1) is 20.1. The van der Waals surface area contributed by atoms with E-state index in [1.165, 1.54) is 13.3 Å². The van der Waals surface area contributed by atoms with Gasteiger partial charge in [0.2, 0.25) is 0 Å². The van der Waals surface area contributed by atoms with E-state index in [0.29, 0.717) is 41.8 Å². The average Bonchev–Trinajstić information content (AvgIpc) is 2.69. The summed E-state index contributed by atoms with van der Waals surface area (Å²) in [7, 11) is 3.04. The molecule has 0 saturated heterocycles. The topological polar surface area (TPSA) is 78.4 Å². The lowest BCUT2D eigenvalue weighted by atomic mass is 10.2. The van der Waals surface area contributed by atoms with E-state index in [4.69, 9.17) is 18.9 Å². The zero-order valence-corrected chi connectivity index (χ0v) is 15.9. The van der Waals surface area contributed by atoms with E-state index >= 15 is 0 Å². The van der Waals surface area contributed by atoms with Gasteiger partial charge in [-0.3, -0.25) is 4.79 Å². The van der Waals surface area contributed by atoms with Crippen LogP contribution in [-0.4, -0.2) is 39.6 Å². The number of carbonyl (C=O) groups excluding carboxylic acids is 1. The molecule has 1 amide bonds. The molecule has 0 atom stereocenters. The van der Waals surface area contributed by atoms with E-state index in [0.717, 1.165) is 5.56 Å². The number of amides is 1. The molecule has 0 aliphatic heterocycles. The summed E-state index contributed by atoms with van der Waals surface area (Å²) in [6, 6.07) is 10.4. The van der Waals surface area contributed by atoms with Gasteiger partial charge in [-0.25, -0.2) is 5.43 Å². The Bertz CT molecular complexity index is 805. The van der Waals surface area contributed by atoms with Crippen molar-refractivity contribution in [3.8, 4) is 23.0 Å². The van der Waals surface area contributed by atoms with Crippen LogP contribution < -0.4 is 24.4 Å². The first-order valence-corrected chi connectivity index (χ1v) is 8.58. The van der Waals surface area contributed by atoms with Crippen LogP contribution in [0.2, 0.25) is 0 Å². The van der Waals surface area contributed by atoms with Crippen molar-refractivity contribution in [3.63, 3.8) is 0 Å². The standard InChI is InChI=1S/C20H24N2O5/c1-5-26-16-8-7-14(18(12-16)27-6-2)13-21-22-20(23)17-10-9-15(24-3)11-19(17)25-4/h7-13H,5-6H2,1-4H3,(H,22,23). The second kappa shape index (κ2) is 10.1. The Morgan fingerprint density at radius 2 is 1.67 bits per heavy atom. The molecule has 0 fully saturated rings. The van der Waals surface area contributed by atoms with E-state index in [1.807, 2.05) is 26.0 Å². The molecule has 0 spiro atoms. The highest BCUT2D eigenvalue weighted by Crippen LogP contribution is 2.25. The number of hydrazone groups is 1. The van der Waals surface area contributed by atoms with Crippen LogP contribution in [0, 0.1) is 0 Å². The first-order valence-electron chi connectivity index (χ1n) is 8.58. The predicted molar refractivity (Wildman–Crippen MR) is 103 cm³/mol. The third kappa shape index (κ3) is 5.37. The minimum atomic E-state index is -0.394. The molecule has 0 aliphatic carbocycles. The van der Waals surface area contributed by atoms with Crippen LogP contribution in [-0.2, 0) is 0 Å². The molecule has 2 aromatic rings. The molecule has 0 saturated carbocycles. The fraction of sp³-hybridized carbons (Fsp3) is 0.300. The van der Waals surface area contributed by atoms with Crippen molar-refractivity contribution in [2.75, 3.05) is 27.4 Å². The highest BCUT2D eigenvalue weighted by Gasteiger charge is 2.12. The van der Waals surface area contributed by atoms with Gasteiger partial charge in [0.25, 0.3) is 5.91 Å². The molecular formula is C20H24N2O5. The summed E-state index contributed by atoms with van der Waals surface area (Å²) in [5.41, 5.74) is 3.57. The van der Waals surface area contributed by atoms with Gasteiger partial charge in [-0.15, -0.1) is 0 Å². The Labute approximate surface area is 158 Å². The molecule has 0 unspecified atom stereocenters. The molecule has 0 aliphatic rings. The quantitative estimate of drug-likeness (QED) is 0.540. The number of nitrogens with one attached hydrogen (secondary N) is 1. The highest BCUT2D eigenvalue weighted by atomic mass is 16.5. The van der Waals surface area contributed by atoms with Gasteiger partial charge in [0, 0.05) is 17.7 Å². The largest absolute Gasteiger partial charge is 0.497 e. The zero-order chi connectivity index (χ0) is 19.6. The summed E-state index contributed by atoms with van der Waals surface area (Å²) in [5, 5.41) is 4.02. The number of carbonyl (C=O) groups is 1. The molecule has 27 heavy (non-hydrogen) atoms. The second-order valence-corrected chi connectivity index (χ2v) is 5.33. The second-order valence-electron chi connectivity index (χ2n) is 5.33. The fourth-order valence-electron chi connectivity index (χ4n) is 2.37. The minimum Gasteiger partial charge on any atom is -0.497 e. The molecule has 0 heterocycles. The molecule has 2 rings (SSSR count). The third-order valence-corrected chi connectivity index (χ3v) is 3.62. The van der Waals surface area contributed by atoms with Crippen molar-refractivity contribution in [1.82, 2.24) is 5.43 Å². The van der Waals surface area contributed by atoms with Crippen LogP contribution in [0.25, 0.3) is 0 Å². The van der Waals surface area contributed by atoms with Gasteiger partial charge in [-0.1, -0.05) is 0 Å². The Hall–Kier alpha value is -3.22. The Kier molecular flexibility index (Phi) is 7.49. The van der Waals surface area contributed by atoms with Gasteiger partial charge in [0.05, 0.1) is 39.2 Å². The monoisotopic (exact) mass is 372 g/mol. The summed E-state index contributed by atoms with van der Waals surface area (Å²) in [4.78, 5) is 12.4. The number of rotatable bonds is 9. The van der Waals surface area contributed by atoms with Gasteiger partial charge in [0.1, 0.15) is 23.0 Å². The van der Waals surface area contributed by atoms with Crippen molar-refractivity contribution in [2.45, 2.75) is 13.8 Å². The lowest BCUT2D eigenvalue weighted by Gasteiger charge is -2.10. The summed E-state index contributed by atoms with van der Waals surface area (Å²) < 4.78 is 21.4. The van der Waals surface area contributed by atoms with Gasteiger partial charge >= 0.3 is 0 Å². The maximum absolute atomic E-state index is 12.4. The number of nitrogens with zero attached hydrogens (tertiary/aromatic N) is 1. The van der Waals surface area contributed by atoms with E-state index in [-0.39, 0.29) is 0 Å². The number of hydrogen-bond donors (Lipinski definition) is 1. The number of benzene rings is 2. The summed E-state index contributed by atoms with van der Waals surface area (Å²) in [6.07, 6.45) is 1.52. The summed E-state index contributed by atoms with van der Waals surface area (Å²) in [5.74, 6) is 1.95. The first-order chi connectivity index (χ1) is 13.1. The average molecular weight is 372 g/mol. The smallest absolute Gasteiger partial charge is 0.275 e. The Morgan fingerprint density at radius 3 is 2.33 bits per heavy atom. The van der Waals surface area contributed by atoms with Gasteiger partial charge in [-0.05, 0) is 38.1 Å². The van der Waals surface area contributed by atoms with E-state index in [9.17, 15) is 4.79 Å². The van der Waals surface area contributed by atoms with Crippen LogP contribution in [0.1, 0.15) is 29.8 Å². The van der Waals surface area contributed by atoms with E-state index in [1.54, 1.807) is 31.4 Å². The fourth-order valence-corrected chi connectivity index (χ4v) is 2.37. The van der Waals surface area contributed by atoms with Crippen LogP contribution in [0.5, 0.6) is 23.0 Å². The molecule has 7 heteroatoms. The maximum Gasteiger partial charge on any atom is 0.275 e. The van der Waals surface area contributed by atoms with Gasteiger partial charge in [-0.2, -0.15) is 5.10 Å². The molecule has 0 aromatic heterocycles. The lowest BCUT2D eigenvalue weighted by Crippen LogP contribution is -2.18. The Balaban J connectivity index is 2.14. The highest BCUT2D eigenvalue weighted by molar-refractivity contribution is 5.97. The summed E-state index contributed by atoms with van der Waals surface area (Å²) in [6.45, 7) is 4.88. The molecule has 7 nitrogen and oxygen atoms in total. The summed E-state index contributed by atoms with van der Waals surface area (Å²) >= 11 is 0. The SMILES string of the molecule is CCOc1ccc(C=NNC(=O)c2ccc(OC)cc2OC)c(OCC)c1. The van der Waals surface area contributed by atoms with E-state index in [2.05, 4.69) is 10.5 Å². The van der Waals surface area contributed by atoms with Crippen LogP contribution >= 0.6 is 0 Å². The lowest BCUT2D eigenvalue weighted by molar-refractivity contribution is 0.0952. The van der Waals surface area contributed by atoms with Crippen molar-refractivity contribution in [3.05, 3.63) is 47.5 Å². The molecule has 1 N–H and O–H groups in total. The molecule has 144 valence electrons. The Morgan fingerprint density at radius 1 is 0.963 bits per heavy atom. The zero-order valence-electron chi connectivity index (χ0n) is 15.9. The van der Waals surface area contributed by atoms with E-state index < -0.39 is 5.91 Å². The van der Waals surface area contributed by atoms with Crippen molar-refractivity contribution < 1.29 is 23.7 Å². The normalized spacial score (nSPS) is 10.5. The number of ether oxygens (including phenoxy) is 4. The van der Waals surface area contributed by atoms with Crippen LogP contribution in [0.15, 0.2) is 41.5 Å². The predicted octanol–water partition coefficient (Wildman–Crippen LogP) is 3.27. The van der Waals surface area contributed by atoms with Crippen molar-refractivity contribution >= 4 is 12.1 Å².